The molecule has 17 heavy (non-hydrogen) atoms. The van der Waals surface area contributed by atoms with Gasteiger partial charge in [-0.25, -0.2) is 8.42 Å². The van der Waals surface area contributed by atoms with E-state index in [2.05, 4.69) is 0 Å². The summed E-state index contributed by atoms with van der Waals surface area (Å²) in [4.78, 5) is 0. The maximum Gasteiger partial charge on any atom is 0.236 e. The van der Waals surface area contributed by atoms with E-state index in [0.717, 1.165) is 24.8 Å². The fourth-order valence-electron chi connectivity index (χ4n) is 1.93. The quantitative estimate of drug-likeness (QED) is 0.827. The molecule has 1 fully saturated rings. The van der Waals surface area contributed by atoms with Crippen LogP contribution in [-0.4, -0.2) is 25.8 Å². The first-order valence-corrected chi connectivity index (χ1v) is 7.42. The van der Waals surface area contributed by atoms with E-state index >= 15 is 0 Å². The van der Waals surface area contributed by atoms with Crippen LogP contribution in [0, 0.1) is 0 Å². The highest BCUT2D eigenvalue weighted by molar-refractivity contribution is 7.92. The van der Waals surface area contributed by atoms with Gasteiger partial charge in [0.05, 0.1) is 0 Å². The number of sulfonamides is 1. The van der Waals surface area contributed by atoms with Crippen molar-refractivity contribution in [2.45, 2.75) is 19.3 Å². The van der Waals surface area contributed by atoms with E-state index in [1.807, 2.05) is 30.3 Å². The van der Waals surface area contributed by atoms with Gasteiger partial charge in [-0.3, -0.25) is 0 Å². The Morgan fingerprint density at radius 1 is 1.00 bits per heavy atom. The molecule has 1 aromatic rings. The van der Waals surface area contributed by atoms with E-state index in [9.17, 15) is 8.42 Å². The van der Waals surface area contributed by atoms with Crippen molar-refractivity contribution < 1.29 is 8.42 Å². The largest absolute Gasteiger partial charge is 0.236 e. The van der Waals surface area contributed by atoms with Gasteiger partial charge in [0.2, 0.25) is 10.0 Å². The zero-order valence-electron chi connectivity index (χ0n) is 9.75. The maximum absolute atomic E-state index is 12.0. The third kappa shape index (κ3) is 3.41. The fourth-order valence-corrected chi connectivity index (χ4v) is 3.20. The van der Waals surface area contributed by atoms with E-state index < -0.39 is 10.0 Å². The Balaban J connectivity index is 2.09. The van der Waals surface area contributed by atoms with Gasteiger partial charge in [0.15, 0.2) is 0 Å². The van der Waals surface area contributed by atoms with Crippen LogP contribution in [0.3, 0.4) is 0 Å². The van der Waals surface area contributed by atoms with Gasteiger partial charge in [0, 0.05) is 18.5 Å². The zero-order valence-corrected chi connectivity index (χ0v) is 10.6. The molecule has 0 N–H and O–H groups in total. The average Bonchev–Trinajstić information content (AvgIpc) is 2.39. The summed E-state index contributed by atoms with van der Waals surface area (Å²) in [6.45, 7) is 1.31. The van der Waals surface area contributed by atoms with Crippen molar-refractivity contribution in [2.24, 2.45) is 0 Å². The highest BCUT2D eigenvalue weighted by Gasteiger charge is 2.20. The number of nitrogens with zero attached hydrogens (tertiary/aromatic N) is 1. The van der Waals surface area contributed by atoms with Crippen LogP contribution in [0.15, 0.2) is 35.7 Å². The van der Waals surface area contributed by atoms with Gasteiger partial charge in [-0.1, -0.05) is 36.8 Å². The van der Waals surface area contributed by atoms with Crippen molar-refractivity contribution in [1.82, 2.24) is 4.31 Å². The molecule has 0 saturated carbocycles. The summed E-state index contributed by atoms with van der Waals surface area (Å²) in [5, 5.41) is 1.31. The molecule has 0 aliphatic carbocycles. The standard InChI is InChI=1S/C13H17NO2S/c15-17(16,14-10-5-2-6-11-14)12-9-13-7-3-1-4-8-13/h1,3-4,7-9,12H,2,5-6,10-11H2/b12-9+. The second-order valence-electron chi connectivity index (χ2n) is 4.22. The summed E-state index contributed by atoms with van der Waals surface area (Å²) in [5.41, 5.74) is 0.910. The molecule has 1 heterocycles. The van der Waals surface area contributed by atoms with Crippen molar-refractivity contribution in [2.75, 3.05) is 13.1 Å². The van der Waals surface area contributed by atoms with Gasteiger partial charge in [0.1, 0.15) is 0 Å². The molecule has 0 atom stereocenters. The maximum atomic E-state index is 12.0. The highest BCUT2D eigenvalue weighted by atomic mass is 32.2. The number of hydrogen-bond acceptors (Lipinski definition) is 2. The molecule has 0 amide bonds. The Morgan fingerprint density at radius 3 is 2.29 bits per heavy atom. The number of piperidine rings is 1. The van der Waals surface area contributed by atoms with Gasteiger partial charge in [-0.05, 0) is 24.5 Å². The van der Waals surface area contributed by atoms with Crippen LogP contribution in [-0.2, 0) is 10.0 Å². The van der Waals surface area contributed by atoms with E-state index in [0.29, 0.717) is 13.1 Å². The Labute approximate surface area is 103 Å². The Morgan fingerprint density at radius 2 is 1.65 bits per heavy atom. The van der Waals surface area contributed by atoms with E-state index in [1.54, 1.807) is 10.4 Å². The molecular formula is C13H17NO2S. The summed E-state index contributed by atoms with van der Waals surface area (Å²) in [6.07, 6.45) is 4.73. The molecule has 1 aromatic carbocycles. The summed E-state index contributed by atoms with van der Waals surface area (Å²) >= 11 is 0. The van der Waals surface area contributed by atoms with E-state index in [-0.39, 0.29) is 0 Å². The Hall–Kier alpha value is -1.13. The van der Waals surface area contributed by atoms with Crippen LogP contribution in [0.5, 0.6) is 0 Å². The topological polar surface area (TPSA) is 37.4 Å². The van der Waals surface area contributed by atoms with E-state index in [1.165, 1.54) is 5.41 Å². The van der Waals surface area contributed by atoms with Gasteiger partial charge in [0.25, 0.3) is 0 Å². The Kier molecular flexibility index (Phi) is 3.97. The molecule has 0 unspecified atom stereocenters. The highest BCUT2D eigenvalue weighted by Crippen LogP contribution is 2.15. The van der Waals surface area contributed by atoms with Crippen molar-refractivity contribution >= 4 is 16.1 Å². The third-order valence-corrected chi connectivity index (χ3v) is 4.47. The predicted molar refractivity (Wildman–Crippen MR) is 69.8 cm³/mol. The van der Waals surface area contributed by atoms with Crippen LogP contribution < -0.4 is 0 Å². The van der Waals surface area contributed by atoms with Crippen molar-refractivity contribution in [3.8, 4) is 0 Å². The number of rotatable bonds is 3. The third-order valence-electron chi connectivity index (χ3n) is 2.91. The monoisotopic (exact) mass is 251 g/mol. The lowest BCUT2D eigenvalue weighted by molar-refractivity contribution is 0.350. The van der Waals surface area contributed by atoms with Crippen molar-refractivity contribution in [3.05, 3.63) is 41.3 Å². The molecule has 4 heteroatoms. The predicted octanol–water partition coefficient (Wildman–Crippen LogP) is 2.47. The number of benzene rings is 1. The molecule has 3 nitrogen and oxygen atoms in total. The SMILES string of the molecule is O=S(=O)(/C=C/c1ccccc1)N1CCCCC1. The minimum absolute atomic E-state index is 0.654. The zero-order chi connectivity index (χ0) is 12.1. The number of hydrogen-bond donors (Lipinski definition) is 0. The first-order valence-electron chi connectivity index (χ1n) is 5.92. The summed E-state index contributed by atoms with van der Waals surface area (Å²) in [5.74, 6) is 0. The smallest absolute Gasteiger partial charge is 0.208 e. The molecule has 0 bridgehead atoms. The van der Waals surface area contributed by atoms with E-state index in [4.69, 9.17) is 0 Å². The normalized spacial score (nSPS) is 18.6. The van der Waals surface area contributed by atoms with Crippen molar-refractivity contribution in [3.63, 3.8) is 0 Å². The molecule has 0 aromatic heterocycles. The average molecular weight is 251 g/mol. The van der Waals surface area contributed by atoms with Crippen LogP contribution in [0.25, 0.3) is 6.08 Å². The van der Waals surface area contributed by atoms with Crippen LogP contribution in [0.1, 0.15) is 24.8 Å². The first-order chi connectivity index (χ1) is 8.18. The van der Waals surface area contributed by atoms with Crippen LogP contribution in [0.4, 0.5) is 0 Å². The summed E-state index contributed by atoms with van der Waals surface area (Å²) < 4.78 is 25.6. The van der Waals surface area contributed by atoms with Gasteiger partial charge < -0.3 is 0 Å². The Bertz CT molecular complexity index is 473. The molecular weight excluding hydrogens is 234 g/mol. The molecule has 92 valence electrons. The molecule has 0 spiro atoms. The molecule has 1 aliphatic heterocycles. The fraction of sp³-hybridized carbons (Fsp3) is 0.385. The van der Waals surface area contributed by atoms with Gasteiger partial charge >= 0.3 is 0 Å². The van der Waals surface area contributed by atoms with Gasteiger partial charge in [-0.2, -0.15) is 4.31 Å². The second kappa shape index (κ2) is 5.47. The lowest BCUT2D eigenvalue weighted by atomic mass is 10.2. The first kappa shape index (κ1) is 12.3. The second-order valence-corrected chi connectivity index (χ2v) is 6.04. The summed E-state index contributed by atoms with van der Waals surface area (Å²) in [7, 11) is -3.23. The minimum atomic E-state index is -3.23. The molecule has 0 radical (unpaired) electrons. The molecule has 2 rings (SSSR count). The van der Waals surface area contributed by atoms with Crippen LogP contribution >= 0.6 is 0 Å². The van der Waals surface area contributed by atoms with Crippen LogP contribution in [0.2, 0.25) is 0 Å². The summed E-state index contributed by atoms with van der Waals surface area (Å²) in [6, 6.07) is 9.49. The lowest BCUT2D eigenvalue weighted by Crippen LogP contribution is -2.34. The minimum Gasteiger partial charge on any atom is -0.208 e. The van der Waals surface area contributed by atoms with Gasteiger partial charge in [-0.15, -0.1) is 0 Å². The van der Waals surface area contributed by atoms with Crippen molar-refractivity contribution in [1.29, 1.82) is 0 Å². The molecule has 1 saturated heterocycles. The molecule has 1 aliphatic rings. The lowest BCUT2D eigenvalue weighted by Gasteiger charge is -2.24.